The van der Waals surface area contributed by atoms with Crippen LogP contribution in [-0.4, -0.2) is 37.8 Å². The number of aryl methyl sites for hydroxylation is 1. The summed E-state index contributed by atoms with van der Waals surface area (Å²) in [5, 5.41) is 11.2. The van der Waals surface area contributed by atoms with E-state index in [0.29, 0.717) is 36.6 Å². The zero-order valence-electron chi connectivity index (χ0n) is 19.4. The average Bonchev–Trinajstić information content (AvgIpc) is 3.77. The summed E-state index contributed by atoms with van der Waals surface area (Å²) in [6, 6.07) is 12.5. The lowest BCUT2D eigenvalue weighted by Crippen LogP contribution is -2.07. The molecule has 0 saturated heterocycles. The Labute approximate surface area is 198 Å². The molecule has 2 aliphatic rings. The number of amides is 1. The molecule has 9 heteroatoms. The summed E-state index contributed by atoms with van der Waals surface area (Å²) in [7, 11) is 3.91. The molecular formula is C25H29N7O2. The maximum absolute atomic E-state index is 10.3. The Morgan fingerprint density at radius 3 is 2.71 bits per heavy atom. The van der Waals surface area contributed by atoms with Gasteiger partial charge in [0.15, 0.2) is 5.82 Å². The number of carbonyl (C=O) groups excluding carboxylic acids is 1. The van der Waals surface area contributed by atoms with Crippen molar-refractivity contribution < 1.29 is 9.53 Å². The largest absolute Gasteiger partial charge is 0.439 e. The maximum Gasteiger partial charge on any atom is 0.222 e. The first-order valence-electron chi connectivity index (χ1n) is 11.6. The van der Waals surface area contributed by atoms with E-state index in [4.69, 9.17) is 4.74 Å². The van der Waals surface area contributed by atoms with Crippen LogP contribution in [0.1, 0.15) is 49.0 Å². The first kappa shape index (κ1) is 22.1. The van der Waals surface area contributed by atoms with Gasteiger partial charge < -0.3 is 19.9 Å². The second kappa shape index (κ2) is 9.64. The summed E-state index contributed by atoms with van der Waals surface area (Å²) in [4.78, 5) is 18.6. The van der Waals surface area contributed by atoms with Crippen molar-refractivity contribution in [3.63, 3.8) is 0 Å². The van der Waals surface area contributed by atoms with Crippen LogP contribution in [0, 0.1) is 0 Å². The van der Waals surface area contributed by atoms with Gasteiger partial charge in [0.2, 0.25) is 12.3 Å². The fraction of sp³-hybridized carbons (Fsp3) is 0.360. The predicted molar refractivity (Wildman–Crippen MR) is 130 cm³/mol. The number of hydrogen-bond donors (Lipinski definition) is 2. The van der Waals surface area contributed by atoms with Crippen LogP contribution >= 0.6 is 0 Å². The Morgan fingerprint density at radius 1 is 1.12 bits per heavy atom. The minimum Gasteiger partial charge on any atom is -0.439 e. The molecule has 2 N–H and O–H groups in total. The van der Waals surface area contributed by atoms with E-state index in [-0.39, 0.29) is 0 Å². The van der Waals surface area contributed by atoms with Gasteiger partial charge in [-0.2, -0.15) is 5.10 Å². The van der Waals surface area contributed by atoms with Crippen LogP contribution in [0.2, 0.25) is 0 Å². The lowest BCUT2D eigenvalue weighted by atomic mass is 10.2. The zero-order chi connectivity index (χ0) is 23.5. The molecule has 2 aliphatic carbocycles. The van der Waals surface area contributed by atoms with Crippen molar-refractivity contribution in [3.8, 4) is 11.6 Å². The summed E-state index contributed by atoms with van der Waals surface area (Å²) in [6.07, 6.45) is 9.27. The van der Waals surface area contributed by atoms with Crippen molar-refractivity contribution in [1.29, 1.82) is 0 Å². The molecule has 1 aromatic carbocycles. The molecule has 0 radical (unpaired) electrons. The molecular weight excluding hydrogens is 430 g/mol. The third-order valence-electron chi connectivity index (χ3n) is 6.00. The molecule has 176 valence electrons. The third-order valence-corrected chi connectivity index (χ3v) is 6.00. The van der Waals surface area contributed by atoms with Gasteiger partial charge in [-0.05, 0) is 57.0 Å². The van der Waals surface area contributed by atoms with Crippen molar-refractivity contribution in [2.75, 3.05) is 12.4 Å². The molecule has 0 bridgehead atoms. The molecule has 6 rings (SSSR count). The molecule has 9 nitrogen and oxygen atoms in total. The normalized spacial score (nSPS) is 15.0. The van der Waals surface area contributed by atoms with E-state index in [2.05, 4.69) is 41.0 Å². The van der Waals surface area contributed by atoms with E-state index in [1.54, 1.807) is 0 Å². The first-order chi connectivity index (χ1) is 16.6. The Balaban J connectivity index is 0.000000150. The number of carbonyl (C=O) groups is 1. The Hall–Kier alpha value is -3.72. The minimum absolute atomic E-state index is 0.556. The molecule has 4 aromatic rings. The number of rotatable bonds is 8. The Morgan fingerprint density at radius 2 is 1.97 bits per heavy atom. The van der Waals surface area contributed by atoms with Crippen molar-refractivity contribution in [3.05, 3.63) is 60.3 Å². The molecule has 0 aliphatic heterocycles. The van der Waals surface area contributed by atoms with Gasteiger partial charge in [0, 0.05) is 54.4 Å². The van der Waals surface area contributed by atoms with Crippen LogP contribution in [0.5, 0.6) is 11.6 Å². The van der Waals surface area contributed by atoms with Crippen LogP contribution in [0.3, 0.4) is 0 Å². The number of fused-ring (bicyclic) bond motifs is 1. The molecule has 1 amide bonds. The minimum atomic E-state index is 0.556. The maximum atomic E-state index is 10.3. The van der Waals surface area contributed by atoms with Crippen LogP contribution in [0.25, 0.3) is 10.9 Å². The second-order valence-corrected chi connectivity index (χ2v) is 8.79. The van der Waals surface area contributed by atoms with Crippen molar-refractivity contribution in [2.24, 2.45) is 7.05 Å². The number of ether oxygens (including phenoxy) is 1. The van der Waals surface area contributed by atoms with E-state index in [1.807, 2.05) is 50.6 Å². The monoisotopic (exact) mass is 459 g/mol. The van der Waals surface area contributed by atoms with Gasteiger partial charge in [-0.15, -0.1) is 0 Å². The summed E-state index contributed by atoms with van der Waals surface area (Å²) in [5.41, 5.74) is 3.39. The number of hydrogen-bond acceptors (Lipinski definition) is 6. The highest BCUT2D eigenvalue weighted by Gasteiger charge is 2.34. The van der Waals surface area contributed by atoms with Gasteiger partial charge in [0.1, 0.15) is 12.1 Å². The molecule has 3 aromatic heterocycles. The highest BCUT2D eigenvalue weighted by molar-refractivity contribution is 5.81. The summed E-state index contributed by atoms with van der Waals surface area (Å²) in [6.45, 7) is 0.691. The van der Waals surface area contributed by atoms with Gasteiger partial charge in [-0.3, -0.25) is 9.48 Å². The smallest absolute Gasteiger partial charge is 0.222 e. The van der Waals surface area contributed by atoms with Crippen LogP contribution in [-0.2, 0) is 18.4 Å². The van der Waals surface area contributed by atoms with Crippen molar-refractivity contribution >= 4 is 23.1 Å². The predicted octanol–water partition coefficient (Wildman–Crippen LogP) is 4.14. The van der Waals surface area contributed by atoms with Gasteiger partial charge in [0.05, 0.1) is 11.7 Å². The number of benzene rings is 1. The molecule has 3 heterocycles. The van der Waals surface area contributed by atoms with E-state index in [9.17, 15) is 4.79 Å². The summed E-state index contributed by atoms with van der Waals surface area (Å²) >= 11 is 0. The number of nitrogens with one attached hydrogen (secondary N) is 2. The highest BCUT2D eigenvalue weighted by Crippen LogP contribution is 2.45. The zero-order valence-corrected chi connectivity index (χ0v) is 19.4. The highest BCUT2D eigenvalue weighted by atomic mass is 16.5. The SMILES string of the molecule is CNCc1cc(Oc2ccc3c(ccn3C)c2)ncn1.O=CNc1cc(C2CC2)n(C2CC2)n1. The fourth-order valence-electron chi connectivity index (χ4n) is 3.99. The van der Waals surface area contributed by atoms with Gasteiger partial charge in [-0.25, -0.2) is 9.97 Å². The van der Waals surface area contributed by atoms with Gasteiger partial charge in [0.25, 0.3) is 0 Å². The van der Waals surface area contributed by atoms with E-state index >= 15 is 0 Å². The van der Waals surface area contributed by atoms with E-state index in [1.165, 1.54) is 43.2 Å². The molecule has 34 heavy (non-hydrogen) atoms. The van der Waals surface area contributed by atoms with E-state index in [0.717, 1.165) is 16.8 Å². The van der Waals surface area contributed by atoms with Gasteiger partial charge >= 0.3 is 0 Å². The fourth-order valence-corrected chi connectivity index (χ4v) is 3.99. The van der Waals surface area contributed by atoms with E-state index < -0.39 is 0 Å². The standard InChI is InChI=1S/C15H16N4O.C10H13N3O/c1-16-9-12-8-15(18-10-17-12)20-13-3-4-14-11(7-13)5-6-19(14)2;14-6-11-10-5-9(7-1-2-7)13(12-10)8-3-4-8/h3-8,10,16H,9H2,1-2H3;5-8H,1-4H2,(H,11,12,14). The molecule has 0 atom stereocenters. The lowest BCUT2D eigenvalue weighted by Gasteiger charge is -2.06. The Kier molecular flexibility index (Phi) is 6.27. The summed E-state index contributed by atoms with van der Waals surface area (Å²) in [5.74, 6) is 2.73. The van der Waals surface area contributed by atoms with Crippen LogP contribution in [0.4, 0.5) is 5.82 Å². The number of aromatic nitrogens is 5. The van der Waals surface area contributed by atoms with Crippen LogP contribution < -0.4 is 15.4 Å². The molecule has 0 unspecified atom stereocenters. The lowest BCUT2D eigenvalue weighted by molar-refractivity contribution is -0.105. The quantitative estimate of drug-likeness (QED) is 0.384. The molecule has 0 spiro atoms. The van der Waals surface area contributed by atoms with Crippen LogP contribution in [0.15, 0.2) is 48.9 Å². The number of anilines is 1. The Bertz CT molecular complexity index is 1260. The third kappa shape index (κ3) is 5.09. The number of nitrogens with zero attached hydrogens (tertiary/aromatic N) is 5. The van der Waals surface area contributed by atoms with Crippen molar-refractivity contribution in [1.82, 2.24) is 29.6 Å². The van der Waals surface area contributed by atoms with Gasteiger partial charge in [-0.1, -0.05) is 0 Å². The first-order valence-corrected chi connectivity index (χ1v) is 11.6. The average molecular weight is 460 g/mol. The molecule has 2 fully saturated rings. The molecule has 2 saturated carbocycles. The summed E-state index contributed by atoms with van der Waals surface area (Å²) < 4.78 is 9.99. The topological polar surface area (TPSA) is 98.9 Å². The van der Waals surface area contributed by atoms with Crippen molar-refractivity contribution in [2.45, 2.75) is 44.2 Å². The second-order valence-electron chi connectivity index (χ2n) is 8.79.